The van der Waals surface area contributed by atoms with Crippen LogP contribution < -0.4 is 10.6 Å². The minimum atomic E-state index is -0.854. The molecule has 2 atom stereocenters. The van der Waals surface area contributed by atoms with Crippen LogP contribution in [0.3, 0.4) is 0 Å². The van der Waals surface area contributed by atoms with Gasteiger partial charge >= 0.3 is 12.0 Å². The van der Waals surface area contributed by atoms with Crippen molar-refractivity contribution in [3.63, 3.8) is 0 Å². The highest BCUT2D eigenvalue weighted by atomic mass is 16.5. The molecule has 1 aliphatic rings. The standard InChI is InChI=1S/C13H24N2O4/c1-9-10(5-7-19-9)8-14-12(18)15-13(2,3)6-4-11(16)17/h9-10H,4-8H2,1-3H3,(H,16,17)(H2,14,15,18). The lowest BCUT2D eigenvalue weighted by atomic mass is 9.98. The van der Waals surface area contributed by atoms with Crippen LogP contribution in [0.1, 0.15) is 40.0 Å². The predicted molar refractivity (Wildman–Crippen MR) is 71.0 cm³/mol. The van der Waals surface area contributed by atoms with E-state index >= 15 is 0 Å². The summed E-state index contributed by atoms with van der Waals surface area (Å²) in [6.07, 6.45) is 1.59. The minimum absolute atomic E-state index is 0.0424. The lowest BCUT2D eigenvalue weighted by Crippen LogP contribution is -2.49. The summed E-state index contributed by atoms with van der Waals surface area (Å²) in [7, 11) is 0. The Labute approximate surface area is 113 Å². The number of carbonyl (C=O) groups is 2. The van der Waals surface area contributed by atoms with E-state index in [1.165, 1.54) is 0 Å². The van der Waals surface area contributed by atoms with Crippen molar-refractivity contribution in [2.75, 3.05) is 13.2 Å². The zero-order valence-corrected chi connectivity index (χ0v) is 11.9. The Morgan fingerprint density at radius 2 is 2.11 bits per heavy atom. The van der Waals surface area contributed by atoms with Gasteiger partial charge < -0.3 is 20.5 Å². The van der Waals surface area contributed by atoms with Crippen LogP contribution in [0.5, 0.6) is 0 Å². The van der Waals surface area contributed by atoms with E-state index in [-0.39, 0.29) is 18.6 Å². The summed E-state index contributed by atoms with van der Waals surface area (Å²) in [5.41, 5.74) is -0.528. The molecule has 1 aliphatic heterocycles. The van der Waals surface area contributed by atoms with Crippen LogP contribution in [-0.2, 0) is 9.53 Å². The topological polar surface area (TPSA) is 87.7 Å². The highest BCUT2D eigenvalue weighted by molar-refractivity contribution is 5.74. The molecule has 0 radical (unpaired) electrons. The molecule has 0 spiro atoms. The molecule has 0 aromatic rings. The van der Waals surface area contributed by atoms with Gasteiger partial charge in [0.25, 0.3) is 0 Å². The Kier molecular flexibility index (Phi) is 5.60. The molecular weight excluding hydrogens is 248 g/mol. The van der Waals surface area contributed by atoms with E-state index in [2.05, 4.69) is 10.6 Å². The van der Waals surface area contributed by atoms with Crippen LogP contribution in [0.15, 0.2) is 0 Å². The molecule has 19 heavy (non-hydrogen) atoms. The first-order valence-electron chi connectivity index (χ1n) is 6.69. The summed E-state index contributed by atoms with van der Waals surface area (Å²) in [6, 6.07) is -0.255. The quantitative estimate of drug-likeness (QED) is 0.681. The van der Waals surface area contributed by atoms with Gasteiger partial charge in [-0.25, -0.2) is 4.79 Å². The Bertz CT molecular complexity index is 331. The fraction of sp³-hybridized carbons (Fsp3) is 0.846. The van der Waals surface area contributed by atoms with Gasteiger partial charge in [0.2, 0.25) is 0 Å². The number of urea groups is 1. The largest absolute Gasteiger partial charge is 0.481 e. The Balaban J connectivity index is 2.27. The number of nitrogens with one attached hydrogen (secondary N) is 2. The zero-order valence-electron chi connectivity index (χ0n) is 11.9. The fourth-order valence-corrected chi connectivity index (χ4v) is 2.10. The third-order valence-corrected chi connectivity index (χ3v) is 3.47. The maximum Gasteiger partial charge on any atom is 0.315 e. The molecule has 6 heteroatoms. The van der Waals surface area contributed by atoms with Crippen LogP contribution in [-0.4, -0.2) is 41.9 Å². The predicted octanol–water partition coefficient (Wildman–Crippen LogP) is 1.35. The zero-order chi connectivity index (χ0) is 14.5. The lowest BCUT2D eigenvalue weighted by molar-refractivity contribution is -0.137. The van der Waals surface area contributed by atoms with Crippen LogP contribution in [0, 0.1) is 5.92 Å². The number of hydrogen-bond acceptors (Lipinski definition) is 3. The summed E-state index contributed by atoms with van der Waals surface area (Å²) in [6.45, 7) is 6.98. The number of rotatable bonds is 6. The molecular formula is C13H24N2O4. The molecule has 1 rings (SSSR count). The first kappa shape index (κ1) is 15.8. The van der Waals surface area contributed by atoms with Gasteiger partial charge in [0.05, 0.1) is 6.10 Å². The molecule has 6 nitrogen and oxygen atoms in total. The normalized spacial score (nSPS) is 23.1. The smallest absolute Gasteiger partial charge is 0.315 e. The molecule has 110 valence electrons. The van der Waals surface area contributed by atoms with Gasteiger partial charge in [-0.15, -0.1) is 0 Å². The van der Waals surface area contributed by atoms with Gasteiger partial charge in [0, 0.05) is 31.0 Å². The van der Waals surface area contributed by atoms with Gasteiger partial charge in [0.15, 0.2) is 0 Å². The van der Waals surface area contributed by atoms with Crippen LogP contribution in [0.2, 0.25) is 0 Å². The third kappa shape index (κ3) is 5.92. The van der Waals surface area contributed by atoms with Gasteiger partial charge in [-0.1, -0.05) is 0 Å². The van der Waals surface area contributed by atoms with Crippen molar-refractivity contribution in [3.8, 4) is 0 Å². The van der Waals surface area contributed by atoms with Crippen molar-refractivity contribution >= 4 is 12.0 Å². The highest BCUT2D eigenvalue weighted by Crippen LogP contribution is 2.19. The number of amides is 2. The van der Waals surface area contributed by atoms with E-state index in [0.717, 1.165) is 13.0 Å². The van der Waals surface area contributed by atoms with Crippen molar-refractivity contribution in [2.24, 2.45) is 5.92 Å². The Hall–Kier alpha value is -1.30. The molecule has 0 aromatic heterocycles. The first-order valence-corrected chi connectivity index (χ1v) is 6.69. The number of ether oxygens (including phenoxy) is 1. The molecule has 0 saturated carbocycles. The van der Waals surface area contributed by atoms with E-state index in [0.29, 0.717) is 18.9 Å². The van der Waals surface area contributed by atoms with Crippen LogP contribution in [0.4, 0.5) is 4.79 Å². The van der Waals surface area contributed by atoms with Gasteiger partial charge in [-0.05, 0) is 33.6 Å². The van der Waals surface area contributed by atoms with Crippen molar-refractivity contribution in [1.82, 2.24) is 10.6 Å². The van der Waals surface area contributed by atoms with E-state index in [9.17, 15) is 9.59 Å². The average Bonchev–Trinajstić information content (AvgIpc) is 2.69. The molecule has 0 aliphatic carbocycles. The molecule has 0 aromatic carbocycles. The van der Waals surface area contributed by atoms with Crippen molar-refractivity contribution < 1.29 is 19.4 Å². The van der Waals surface area contributed by atoms with Crippen molar-refractivity contribution in [3.05, 3.63) is 0 Å². The maximum absolute atomic E-state index is 11.8. The molecule has 3 N–H and O–H groups in total. The van der Waals surface area contributed by atoms with Crippen LogP contribution >= 0.6 is 0 Å². The van der Waals surface area contributed by atoms with Crippen molar-refractivity contribution in [2.45, 2.75) is 51.7 Å². The van der Waals surface area contributed by atoms with Gasteiger partial charge in [-0.3, -0.25) is 4.79 Å². The number of aliphatic carboxylic acids is 1. The summed E-state index contributed by atoms with van der Waals surface area (Å²) in [5, 5.41) is 14.3. The number of carboxylic acid groups (broad SMARTS) is 1. The third-order valence-electron chi connectivity index (χ3n) is 3.47. The van der Waals surface area contributed by atoms with E-state index in [1.54, 1.807) is 0 Å². The molecule has 1 saturated heterocycles. The minimum Gasteiger partial charge on any atom is -0.481 e. The Morgan fingerprint density at radius 3 is 2.63 bits per heavy atom. The molecule has 0 bridgehead atoms. The SMILES string of the molecule is CC1OCCC1CNC(=O)NC(C)(C)CCC(=O)O. The molecule has 2 amide bonds. The average molecular weight is 272 g/mol. The van der Waals surface area contributed by atoms with E-state index in [1.807, 2.05) is 20.8 Å². The van der Waals surface area contributed by atoms with E-state index in [4.69, 9.17) is 9.84 Å². The molecule has 1 fully saturated rings. The maximum atomic E-state index is 11.8. The molecule has 2 unspecified atom stereocenters. The second-order valence-corrected chi connectivity index (χ2v) is 5.74. The summed E-state index contributed by atoms with van der Waals surface area (Å²) >= 11 is 0. The summed E-state index contributed by atoms with van der Waals surface area (Å²) in [5.74, 6) is -0.500. The van der Waals surface area contributed by atoms with Crippen LogP contribution in [0.25, 0.3) is 0 Å². The van der Waals surface area contributed by atoms with Crippen molar-refractivity contribution in [1.29, 1.82) is 0 Å². The summed E-state index contributed by atoms with van der Waals surface area (Å²) < 4.78 is 5.43. The number of carbonyl (C=O) groups excluding carboxylic acids is 1. The monoisotopic (exact) mass is 272 g/mol. The number of carboxylic acids is 1. The van der Waals surface area contributed by atoms with Gasteiger partial charge in [-0.2, -0.15) is 0 Å². The first-order chi connectivity index (χ1) is 8.80. The molecule has 1 heterocycles. The second-order valence-electron chi connectivity index (χ2n) is 5.74. The van der Waals surface area contributed by atoms with E-state index < -0.39 is 11.5 Å². The van der Waals surface area contributed by atoms with Gasteiger partial charge in [0.1, 0.15) is 0 Å². The Morgan fingerprint density at radius 1 is 1.42 bits per heavy atom. The number of hydrogen-bond donors (Lipinski definition) is 3. The highest BCUT2D eigenvalue weighted by Gasteiger charge is 2.26. The fourth-order valence-electron chi connectivity index (χ4n) is 2.10. The second kappa shape index (κ2) is 6.75. The lowest BCUT2D eigenvalue weighted by Gasteiger charge is -2.26. The summed E-state index contributed by atoms with van der Waals surface area (Å²) in [4.78, 5) is 22.3.